The third-order valence-corrected chi connectivity index (χ3v) is 6.40. The standard InChI is InChI=1S/C32H41N5O7/c1-7-25-34-24(18-37(25)26(28(39)40)22-16-12-9-13-17-22)35-27(38)23(20-43-19-21-14-10-8-11-15-21)33-29(41)32(5,6)36-30(42)44-31(2,3)4/h8-18,23,26H,7,19-20H2,1-6H3,(H,33,41)(H,35,38)(H,36,42)(H,39,40). The number of carboxylic acid groups (broad SMARTS) is 1. The number of aryl methyl sites for hydroxylation is 1. The van der Waals surface area contributed by atoms with Gasteiger partial charge in [0.2, 0.25) is 5.91 Å². The first kappa shape index (κ1) is 33.8. The number of nitrogens with one attached hydrogen (secondary N) is 3. The van der Waals surface area contributed by atoms with E-state index in [-0.39, 0.29) is 19.0 Å². The van der Waals surface area contributed by atoms with Gasteiger partial charge in [0, 0.05) is 12.6 Å². The van der Waals surface area contributed by atoms with Gasteiger partial charge in [0.25, 0.3) is 5.91 Å². The number of carbonyl (C=O) groups excluding carboxylic acids is 3. The maximum absolute atomic E-state index is 13.5. The molecule has 0 radical (unpaired) electrons. The Morgan fingerprint density at radius 3 is 2.14 bits per heavy atom. The lowest BCUT2D eigenvalue weighted by Gasteiger charge is -2.29. The van der Waals surface area contributed by atoms with E-state index in [1.165, 1.54) is 24.6 Å². The number of aromatic nitrogens is 2. The van der Waals surface area contributed by atoms with Crippen LogP contribution in [0.3, 0.4) is 0 Å². The minimum absolute atomic E-state index is 0.113. The van der Waals surface area contributed by atoms with Crippen LogP contribution in [0.2, 0.25) is 0 Å². The number of ether oxygens (including phenoxy) is 2. The van der Waals surface area contributed by atoms with E-state index in [4.69, 9.17) is 9.47 Å². The Balaban J connectivity index is 1.82. The molecular weight excluding hydrogens is 566 g/mol. The molecule has 3 aromatic rings. The number of anilines is 1. The molecule has 12 heteroatoms. The van der Waals surface area contributed by atoms with Crippen LogP contribution in [0.1, 0.15) is 64.5 Å². The number of rotatable bonds is 13. The first-order valence-electron chi connectivity index (χ1n) is 14.3. The average molecular weight is 608 g/mol. The molecule has 2 aromatic carbocycles. The monoisotopic (exact) mass is 607 g/mol. The van der Waals surface area contributed by atoms with Crippen LogP contribution >= 0.6 is 0 Å². The smallest absolute Gasteiger partial charge is 0.408 e. The van der Waals surface area contributed by atoms with Gasteiger partial charge in [0.05, 0.1) is 13.2 Å². The van der Waals surface area contributed by atoms with Gasteiger partial charge in [-0.2, -0.15) is 0 Å². The van der Waals surface area contributed by atoms with Crippen molar-refractivity contribution in [3.8, 4) is 0 Å². The Labute approximate surface area is 257 Å². The summed E-state index contributed by atoms with van der Waals surface area (Å²) in [7, 11) is 0. The molecule has 0 aliphatic carbocycles. The van der Waals surface area contributed by atoms with Gasteiger partial charge in [0.1, 0.15) is 23.0 Å². The minimum Gasteiger partial charge on any atom is -0.479 e. The Morgan fingerprint density at radius 1 is 0.955 bits per heavy atom. The zero-order chi connectivity index (χ0) is 32.5. The Morgan fingerprint density at radius 2 is 1.57 bits per heavy atom. The van der Waals surface area contributed by atoms with Gasteiger partial charge in [-0.3, -0.25) is 9.59 Å². The van der Waals surface area contributed by atoms with Crippen LogP contribution in [0.5, 0.6) is 0 Å². The first-order valence-corrected chi connectivity index (χ1v) is 14.3. The van der Waals surface area contributed by atoms with E-state index < -0.39 is 47.1 Å². The maximum Gasteiger partial charge on any atom is 0.408 e. The molecule has 12 nitrogen and oxygen atoms in total. The van der Waals surface area contributed by atoms with Gasteiger partial charge in [-0.1, -0.05) is 67.6 Å². The Hall–Kier alpha value is -4.71. The normalized spacial score (nSPS) is 13.0. The van der Waals surface area contributed by atoms with Crippen molar-refractivity contribution in [3.05, 3.63) is 83.8 Å². The Kier molecular flexibility index (Phi) is 11.2. The van der Waals surface area contributed by atoms with E-state index >= 15 is 0 Å². The highest BCUT2D eigenvalue weighted by Gasteiger charge is 2.35. The summed E-state index contributed by atoms with van der Waals surface area (Å²) >= 11 is 0. The van der Waals surface area contributed by atoms with Crippen molar-refractivity contribution >= 4 is 29.7 Å². The van der Waals surface area contributed by atoms with Crippen LogP contribution in [0.4, 0.5) is 10.6 Å². The molecule has 1 heterocycles. The number of nitrogens with zero attached hydrogens (tertiary/aromatic N) is 2. The molecular formula is C32H41N5O7. The predicted octanol–water partition coefficient (Wildman–Crippen LogP) is 4.06. The van der Waals surface area contributed by atoms with Crippen LogP contribution in [-0.4, -0.2) is 62.3 Å². The highest BCUT2D eigenvalue weighted by Crippen LogP contribution is 2.23. The number of benzene rings is 2. The van der Waals surface area contributed by atoms with Crippen molar-refractivity contribution in [1.29, 1.82) is 0 Å². The summed E-state index contributed by atoms with van der Waals surface area (Å²) in [6, 6.07) is 15.8. The quantitative estimate of drug-likeness (QED) is 0.226. The van der Waals surface area contributed by atoms with Crippen molar-refractivity contribution < 1.29 is 33.8 Å². The van der Waals surface area contributed by atoms with E-state index in [9.17, 15) is 24.3 Å². The molecule has 0 spiro atoms. The number of imidazole rings is 1. The molecule has 2 unspecified atom stereocenters. The molecule has 3 amide bonds. The van der Waals surface area contributed by atoms with Crippen molar-refractivity contribution in [1.82, 2.24) is 20.2 Å². The van der Waals surface area contributed by atoms with E-state index in [2.05, 4.69) is 20.9 Å². The first-order chi connectivity index (χ1) is 20.7. The summed E-state index contributed by atoms with van der Waals surface area (Å²) < 4.78 is 12.6. The van der Waals surface area contributed by atoms with E-state index in [1.54, 1.807) is 51.1 Å². The largest absolute Gasteiger partial charge is 0.479 e. The van der Waals surface area contributed by atoms with Crippen LogP contribution < -0.4 is 16.0 Å². The highest BCUT2D eigenvalue weighted by molar-refractivity contribution is 5.98. The molecule has 0 saturated carbocycles. The lowest BCUT2D eigenvalue weighted by molar-refractivity contribution is -0.139. The number of carboxylic acids is 1. The molecule has 0 saturated heterocycles. The van der Waals surface area contributed by atoms with Gasteiger partial charge in [-0.05, 0) is 45.7 Å². The third-order valence-electron chi connectivity index (χ3n) is 6.40. The van der Waals surface area contributed by atoms with E-state index in [0.29, 0.717) is 17.8 Å². The molecule has 3 rings (SSSR count). The predicted molar refractivity (Wildman–Crippen MR) is 164 cm³/mol. The van der Waals surface area contributed by atoms with Gasteiger partial charge < -0.3 is 35.1 Å². The van der Waals surface area contributed by atoms with Gasteiger partial charge >= 0.3 is 12.1 Å². The second-order valence-electron chi connectivity index (χ2n) is 11.7. The fraction of sp³-hybridized carbons (Fsp3) is 0.406. The molecule has 0 aliphatic heterocycles. The number of hydrogen-bond donors (Lipinski definition) is 4. The molecule has 0 aliphatic rings. The number of amides is 3. The van der Waals surface area contributed by atoms with E-state index in [1.807, 2.05) is 37.3 Å². The summed E-state index contributed by atoms with van der Waals surface area (Å²) in [5.41, 5.74) is -0.798. The average Bonchev–Trinajstić information content (AvgIpc) is 3.33. The topological polar surface area (TPSA) is 161 Å². The fourth-order valence-corrected chi connectivity index (χ4v) is 4.25. The summed E-state index contributed by atoms with van der Waals surface area (Å²) in [5, 5.41) is 17.9. The number of aliphatic carboxylic acids is 1. The zero-order valence-electron chi connectivity index (χ0n) is 25.9. The third kappa shape index (κ3) is 9.66. The Bertz CT molecular complexity index is 1430. The molecule has 44 heavy (non-hydrogen) atoms. The molecule has 4 N–H and O–H groups in total. The lowest BCUT2D eigenvalue weighted by Crippen LogP contribution is -2.59. The second-order valence-corrected chi connectivity index (χ2v) is 11.7. The van der Waals surface area contributed by atoms with Gasteiger partial charge in [-0.15, -0.1) is 0 Å². The summed E-state index contributed by atoms with van der Waals surface area (Å²) in [5.74, 6) is -1.82. The van der Waals surface area contributed by atoms with Crippen LogP contribution in [0, 0.1) is 0 Å². The van der Waals surface area contributed by atoms with Crippen molar-refractivity contribution in [2.75, 3.05) is 11.9 Å². The lowest BCUT2D eigenvalue weighted by atomic mass is 10.0. The maximum atomic E-state index is 13.5. The number of carbonyl (C=O) groups is 4. The van der Waals surface area contributed by atoms with Crippen LogP contribution in [0.25, 0.3) is 0 Å². The summed E-state index contributed by atoms with van der Waals surface area (Å²) in [6.07, 6.45) is 1.07. The second kappa shape index (κ2) is 14.6. The molecule has 2 atom stereocenters. The van der Waals surface area contributed by atoms with Crippen LogP contribution in [0.15, 0.2) is 66.9 Å². The van der Waals surface area contributed by atoms with Gasteiger partial charge in [-0.25, -0.2) is 14.6 Å². The molecule has 236 valence electrons. The van der Waals surface area contributed by atoms with E-state index in [0.717, 1.165) is 5.56 Å². The molecule has 1 aromatic heterocycles. The summed E-state index contributed by atoms with van der Waals surface area (Å²) in [4.78, 5) is 55.9. The number of hydrogen-bond acceptors (Lipinski definition) is 7. The number of alkyl carbamates (subject to hydrolysis) is 1. The van der Waals surface area contributed by atoms with Gasteiger partial charge in [0.15, 0.2) is 11.9 Å². The summed E-state index contributed by atoms with van der Waals surface area (Å²) in [6.45, 7) is 9.89. The zero-order valence-corrected chi connectivity index (χ0v) is 25.9. The van der Waals surface area contributed by atoms with Crippen molar-refractivity contribution in [2.45, 2.75) is 77.8 Å². The van der Waals surface area contributed by atoms with Crippen molar-refractivity contribution in [3.63, 3.8) is 0 Å². The fourth-order valence-electron chi connectivity index (χ4n) is 4.25. The highest BCUT2D eigenvalue weighted by atomic mass is 16.6. The molecule has 0 bridgehead atoms. The molecule has 0 fully saturated rings. The SMILES string of the molecule is CCc1nc(NC(=O)C(COCc2ccccc2)NC(=O)C(C)(C)NC(=O)OC(C)(C)C)cn1C(C(=O)O)c1ccccc1. The van der Waals surface area contributed by atoms with Crippen molar-refractivity contribution in [2.24, 2.45) is 0 Å². The minimum atomic E-state index is -1.44. The van der Waals surface area contributed by atoms with Crippen LogP contribution in [-0.2, 0) is 36.9 Å².